The first-order valence-corrected chi connectivity index (χ1v) is 10.2. The van der Waals surface area contributed by atoms with Gasteiger partial charge < -0.3 is 29.5 Å². The maximum Gasteiger partial charge on any atom is 0.327 e. The first-order chi connectivity index (χ1) is 14.5. The Bertz CT molecular complexity index is 953. The van der Waals surface area contributed by atoms with Gasteiger partial charge in [0.2, 0.25) is 5.54 Å². The van der Waals surface area contributed by atoms with E-state index in [2.05, 4.69) is 5.32 Å². The summed E-state index contributed by atoms with van der Waals surface area (Å²) in [6.45, 7) is 4.56. The Morgan fingerprint density at radius 1 is 1.10 bits per heavy atom. The van der Waals surface area contributed by atoms with Crippen molar-refractivity contribution in [3.05, 3.63) is 17.7 Å². The molecule has 168 valence electrons. The van der Waals surface area contributed by atoms with Crippen molar-refractivity contribution in [2.75, 3.05) is 21.3 Å². The summed E-state index contributed by atoms with van der Waals surface area (Å²) in [6.07, 6.45) is 0. The molecule has 0 bridgehead atoms. The molecule has 3 rings (SSSR count). The van der Waals surface area contributed by atoms with Crippen LogP contribution < -0.4 is 19.5 Å². The lowest BCUT2D eigenvalue weighted by atomic mass is 9.81. The van der Waals surface area contributed by atoms with Gasteiger partial charge in [-0.25, -0.2) is 4.79 Å². The number of amides is 2. The molecule has 2 heterocycles. The highest BCUT2D eigenvalue weighted by Crippen LogP contribution is 2.55. The van der Waals surface area contributed by atoms with Gasteiger partial charge in [-0.2, -0.15) is 0 Å². The predicted molar refractivity (Wildman–Crippen MR) is 111 cm³/mol. The summed E-state index contributed by atoms with van der Waals surface area (Å²) in [6, 6.07) is 1.82. The number of fused-ring (bicyclic) bond motifs is 1. The average Bonchev–Trinajstić information content (AvgIpc) is 2.98. The lowest BCUT2D eigenvalue weighted by Gasteiger charge is -2.51. The van der Waals surface area contributed by atoms with Crippen LogP contribution in [0.15, 0.2) is 12.1 Å². The number of carboxylic acids is 1. The summed E-state index contributed by atoms with van der Waals surface area (Å²) in [7, 11) is 4.15. The van der Waals surface area contributed by atoms with Gasteiger partial charge in [0.15, 0.2) is 5.78 Å². The average molecular weight is 452 g/mol. The highest BCUT2D eigenvalue weighted by molar-refractivity contribution is 8.01. The van der Waals surface area contributed by atoms with Crippen molar-refractivity contribution >= 4 is 35.3 Å². The van der Waals surface area contributed by atoms with Crippen LogP contribution in [-0.2, 0) is 14.4 Å². The minimum atomic E-state index is -1.89. The van der Waals surface area contributed by atoms with Crippen molar-refractivity contribution in [2.24, 2.45) is 0 Å². The molecule has 0 spiro atoms. The molecule has 1 aromatic rings. The Hall–Kier alpha value is -2.95. The third-order valence-electron chi connectivity index (χ3n) is 5.59. The summed E-state index contributed by atoms with van der Waals surface area (Å²) < 4.78 is 14.9. The number of aliphatic carboxylic acids is 1. The number of hydrogen-bond donors (Lipinski definition) is 2. The van der Waals surface area contributed by atoms with Crippen LogP contribution in [-0.4, -0.2) is 76.6 Å². The van der Waals surface area contributed by atoms with Crippen LogP contribution in [0.25, 0.3) is 0 Å². The Balaban J connectivity index is 2.03. The summed E-state index contributed by atoms with van der Waals surface area (Å²) in [5, 5.41) is 11.3. The number of ketones is 1. The van der Waals surface area contributed by atoms with Crippen molar-refractivity contribution < 1.29 is 38.5 Å². The molecule has 0 radical (unpaired) electrons. The zero-order chi connectivity index (χ0) is 23.3. The lowest BCUT2D eigenvalue weighted by Crippen LogP contribution is -2.82. The molecule has 0 aliphatic carbocycles. The maximum atomic E-state index is 13.3. The smallest absolute Gasteiger partial charge is 0.327 e. The number of ether oxygens (including phenoxy) is 3. The van der Waals surface area contributed by atoms with Crippen LogP contribution in [0.2, 0.25) is 0 Å². The molecule has 2 aliphatic rings. The number of nitrogens with one attached hydrogen (secondary N) is 1. The number of nitrogens with zero attached hydrogens (tertiary/aromatic N) is 1. The fourth-order valence-electron chi connectivity index (χ4n) is 4.06. The number of benzene rings is 1. The van der Waals surface area contributed by atoms with Gasteiger partial charge in [-0.05, 0) is 20.8 Å². The van der Waals surface area contributed by atoms with Crippen LogP contribution >= 0.6 is 11.8 Å². The van der Waals surface area contributed by atoms with Crippen LogP contribution in [0.1, 0.15) is 31.1 Å². The highest BCUT2D eigenvalue weighted by atomic mass is 32.2. The molecular weight excluding hydrogens is 428 g/mol. The Morgan fingerprint density at radius 3 is 2.06 bits per heavy atom. The number of β-lactam (4-membered cyclic amide) rings is 1. The van der Waals surface area contributed by atoms with E-state index in [-0.39, 0.29) is 17.1 Å². The Kier molecular flexibility index (Phi) is 5.59. The molecule has 31 heavy (non-hydrogen) atoms. The van der Waals surface area contributed by atoms with Crippen molar-refractivity contribution in [3.8, 4) is 17.2 Å². The molecule has 0 saturated carbocycles. The molecule has 2 aliphatic heterocycles. The van der Waals surface area contributed by atoms with Crippen molar-refractivity contribution in [2.45, 2.75) is 42.5 Å². The third kappa shape index (κ3) is 3.18. The molecule has 2 N–H and O–H groups in total. The van der Waals surface area contributed by atoms with Gasteiger partial charge in [-0.15, -0.1) is 11.8 Å². The van der Waals surface area contributed by atoms with E-state index in [1.165, 1.54) is 40.4 Å². The number of methoxy groups -OCH3 is 3. The second kappa shape index (κ2) is 7.63. The second-order valence-electron chi connectivity index (χ2n) is 7.75. The molecular formula is C20H24N2O8S. The summed E-state index contributed by atoms with van der Waals surface area (Å²) in [5.74, 6) is -2.65. The SMILES string of the molecule is COc1cc(OC)c(C(=O)N[C@@]2(C(C)=O)C(=O)N3[C@@H](C(=O)O)C(C)(C)S[C@@H]32)c(OC)c1. The van der Waals surface area contributed by atoms with Crippen LogP contribution in [0.5, 0.6) is 17.2 Å². The van der Waals surface area contributed by atoms with Gasteiger partial charge in [0.25, 0.3) is 11.8 Å². The van der Waals surface area contributed by atoms with Crippen molar-refractivity contribution in [1.29, 1.82) is 0 Å². The first kappa shape index (κ1) is 22.7. The second-order valence-corrected chi connectivity index (χ2v) is 9.49. The molecule has 0 unspecified atom stereocenters. The Labute approximate surface area is 183 Å². The maximum absolute atomic E-state index is 13.3. The summed E-state index contributed by atoms with van der Waals surface area (Å²) in [4.78, 5) is 52.0. The first-order valence-electron chi connectivity index (χ1n) is 9.33. The topological polar surface area (TPSA) is 131 Å². The van der Waals surface area contributed by atoms with Crippen LogP contribution in [0, 0.1) is 0 Å². The van der Waals surface area contributed by atoms with E-state index in [4.69, 9.17) is 14.2 Å². The third-order valence-corrected chi connectivity index (χ3v) is 7.22. The lowest BCUT2D eigenvalue weighted by molar-refractivity contribution is -0.170. The number of hydrogen-bond acceptors (Lipinski definition) is 8. The summed E-state index contributed by atoms with van der Waals surface area (Å²) >= 11 is 1.16. The van der Waals surface area contributed by atoms with Gasteiger partial charge >= 0.3 is 5.97 Å². The van der Waals surface area contributed by atoms with Gasteiger partial charge in [0, 0.05) is 16.9 Å². The minimum Gasteiger partial charge on any atom is -0.496 e. The molecule has 1 aromatic carbocycles. The van der Waals surface area contributed by atoms with E-state index in [0.717, 1.165) is 16.7 Å². The monoisotopic (exact) mass is 452 g/mol. The van der Waals surface area contributed by atoms with E-state index >= 15 is 0 Å². The molecule has 3 atom stereocenters. The normalized spacial score (nSPS) is 25.9. The number of rotatable bonds is 7. The van der Waals surface area contributed by atoms with Gasteiger partial charge in [0.1, 0.15) is 34.2 Å². The number of thioether (sulfide) groups is 1. The van der Waals surface area contributed by atoms with E-state index in [1.807, 2.05) is 0 Å². The number of carbonyl (C=O) groups is 4. The van der Waals surface area contributed by atoms with E-state index in [1.54, 1.807) is 13.8 Å². The Morgan fingerprint density at radius 2 is 1.65 bits per heavy atom. The van der Waals surface area contributed by atoms with E-state index < -0.39 is 45.3 Å². The number of carbonyl (C=O) groups excluding carboxylic acids is 3. The molecule has 2 amide bonds. The van der Waals surface area contributed by atoms with Gasteiger partial charge in [0.05, 0.1) is 21.3 Å². The zero-order valence-corrected chi connectivity index (χ0v) is 18.8. The van der Waals surface area contributed by atoms with Gasteiger partial charge in [-0.1, -0.05) is 0 Å². The fourth-order valence-corrected chi connectivity index (χ4v) is 5.81. The molecule has 10 nitrogen and oxygen atoms in total. The van der Waals surface area contributed by atoms with Crippen LogP contribution in [0.4, 0.5) is 0 Å². The summed E-state index contributed by atoms with van der Waals surface area (Å²) in [5.41, 5.74) is -1.91. The molecule has 2 fully saturated rings. The predicted octanol–water partition coefficient (Wildman–Crippen LogP) is 0.917. The minimum absolute atomic E-state index is 0.0188. The zero-order valence-electron chi connectivity index (χ0n) is 18.0. The molecule has 2 saturated heterocycles. The number of carboxylic acid groups (broad SMARTS) is 1. The highest BCUT2D eigenvalue weighted by Gasteiger charge is 2.74. The van der Waals surface area contributed by atoms with Crippen molar-refractivity contribution in [3.63, 3.8) is 0 Å². The van der Waals surface area contributed by atoms with Crippen molar-refractivity contribution in [1.82, 2.24) is 10.2 Å². The quantitative estimate of drug-likeness (QED) is 0.458. The van der Waals surface area contributed by atoms with Crippen LogP contribution in [0.3, 0.4) is 0 Å². The standard InChI is InChI=1S/C20H24N2O8S/c1-9(23)20(17(27)22-14(16(25)26)19(2,3)31-18(20)22)21-15(24)13-11(29-5)7-10(28-4)8-12(13)30-6/h7-8,14,18H,1-6H3,(H,21,24)(H,25,26)/t14-,18+,20-/m0/s1. The van der Waals surface area contributed by atoms with Gasteiger partial charge in [-0.3, -0.25) is 14.4 Å². The van der Waals surface area contributed by atoms with E-state index in [0.29, 0.717) is 5.75 Å². The van der Waals surface area contributed by atoms with E-state index in [9.17, 15) is 24.3 Å². The fraction of sp³-hybridized carbons (Fsp3) is 0.500. The molecule has 11 heteroatoms. The number of Topliss-reactive ketones (excluding diaryl/α,β-unsaturated/α-hetero) is 1. The largest absolute Gasteiger partial charge is 0.496 e. The molecule has 0 aromatic heterocycles.